The third-order valence-electron chi connectivity index (χ3n) is 3.99. The molecule has 0 bridgehead atoms. The van der Waals surface area contributed by atoms with E-state index in [1.165, 1.54) is 11.1 Å². The van der Waals surface area contributed by atoms with Gasteiger partial charge in [0.25, 0.3) is 5.91 Å². The minimum atomic E-state index is -4.23. The molecule has 138 valence electrons. The van der Waals surface area contributed by atoms with Gasteiger partial charge in [-0.05, 0) is 24.3 Å². The Kier molecular flexibility index (Phi) is 4.97. The lowest BCUT2D eigenvalue weighted by atomic mass is 10.2. The van der Waals surface area contributed by atoms with Crippen molar-refractivity contribution >= 4 is 15.9 Å². The van der Waals surface area contributed by atoms with E-state index in [9.17, 15) is 26.4 Å². The Labute approximate surface area is 147 Å². The summed E-state index contributed by atoms with van der Waals surface area (Å²) in [6, 6.07) is 3.25. The molecule has 1 saturated heterocycles. The van der Waals surface area contributed by atoms with Crippen molar-refractivity contribution in [2.45, 2.75) is 4.90 Å². The van der Waals surface area contributed by atoms with Gasteiger partial charge in [-0.2, -0.15) is 4.31 Å². The van der Waals surface area contributed by atoms with Gasteiger partial charge in [-0.15, -0.1) is 0 Å². The van der Waals surface area contributed by atoms with Crippen LogP contribution in [0.15, 0.2) is 41.6 Å². The number of pyridine rings is 1. The van der Waals surface area contributed by atoms with Crippen molar-refractivity contribution < 1.29 is 26.4 Å². The van der Waals surface area contributed by atoms with E-state index in [2.05, 4.69) is 4.98 Å². The Bertz CT molecular complexity index is 945. The lowest BCUT2D eigenvalue weighted by Gasteiger charge is -2.34. The predicted octanol–water partition coefficient (Wildman–Crippen LogP) is 1.65. The monoisotopic (exact) mass is 385 g/mol. The Morgan fingerprint density at radius 2 is 1.65 bits per heavy atom. The molecular weight excluding hydrogens is 371 g/mol. The molecule has 6 nitrogen and oxygen atoms in total. The molecular formula is C16H14F3N3O3S. The highest BCUT2D eigenvalue weighted by Crippen LogP contribution is 2.22. The average Bonchev–Trinajstić information content (AvgIpc) is 2.63. The van der Waals surface area contributed by atoms with Crippen molar-refractivity contribution in [1.82, 2.24) is 14.2 Å². The maximum Gasteiger partial charge on any atom is 0.255 e. The van der Waals surface area contributed by atoms with Gasteiger partial charge in [-0.3, -0.25) is 9.78 Å². The normalized spacial score (nSPS) is 15.9. The molecule has 26 heavy (non-hydrogen) atoms. The summed E-state index contributed by atoms with van der Waals surface area (Å²) >= 11 is 0. The molecule has 1 aliphatic rings. The molecule has 1 aromatic heterocycles. The highest BCUT2D eigenvalue weighted by molar-refractivity contribution is 7.89. The standard InChI is InChI=1S/C16H14F3N3O3S/c17-12-1-2-14(19)15(8-12)26(24,25)22-5-3-21(4-6-22)16(23)11-7-13(18)10-20-9-11/h1-2,7-10H,3-6H2. The van der Waals surface area contributed by atoms with Crippen molar-refractivity contribution in [3.8, 4) is 0 Å². The van der Waals surface area contributed by atoms with Crippen LogP contribution in [-0.2, 0) is 10.0 Å². The van der Waals surface area contributed by atoms with Crippen LogP contribution in [0.3, 0.4) is 0 Å². The number of piperazine rings is 1. The first kappa shape index (κ1) is 18.3. The van der Waals surface area contributed by atoms with Crippen LogP contribution in [0.2, 0.25) is 0 Å². The van der Waals surface area contributed by atoms with E-state index >= 15 is 0 Å². The Morgan fingerprint density at radius 3 is 2.31 bits per heavy atom. The van der Waals surface area contributed by atoms with Crippen LogP contribution in [-0.4, -0.2) is 54.7 Å². The van der Waals surface area contributed by atoms with Gasteiger partial charge < -0.3 is 4.90 Å². The number of nitrogens with zero attached hydrogens (tertiary/aromatic N) is 3. The summed E-state index contributed by atoms with van der Waals surface area (Å²) in [5, 5.41) is 0. The predicted molar refractivity (Wildman–Crippen MR) is 85.2 cm³/mol. The second kappa shape index (κ2) is 7.04. The summed E-state index contributed by atoms with van der Waals surface area (Å²) in [5.41, 5.74) is 0.0532. The Balaban J connectivity index is 1.74. The molecule has 0 N–H and O–H groups in total. The lowest BCUT2D eigenvalue weighted by Crippen LogP contribution is -2.50. The van der Waals surface area contributed by atoms with Crippen LogP contribution >= 0.6 is 0 Å². The fourth-order valence-electron chi connectivity index (χ4n) is 2.66. The summed E-state index contributed by atoms with van der Waals surface area (Å²) in [6.45, 7) is -0.115. The molecule has 2 heterocycles. The third-order valence-corrected chi connectivity index (χ3v) is 5.90. The molecule has 0 spiro atoms. The zero-order chi connectivity index (χ0) is 18.9. The first-order valence-electron chi connectivity index (χ1n) is 7.64. The van der Waals surface area contributed by atoms with Gasteiger partial charge in [0.05, 0.1) is 11.8 Å². The molecule has 0 unspecified atom stereocenters. The number of rotatable bonds is 3. The van der Waals surface area contributed by atoms with Gasteiger partial charge in [-0.1, -0.05) is 0 Å². The number of halogens is 3. The van der Waals surface area contributed by atoms with Crippen LogP contribution in [0.5, 0.6) is 0 Å². The third kappa shape index (κ3) is 3.56. The molecule has 3 rings (SSSR count). The van der Waals surface area contributed by atoms with Crippen molar-refractivity contribution in [2.24, 2.45) is 0 Å². The minimum absolute atomic E-state index is 0.0332. The number of benzene rings is 1. The van der Waals surface area contributed by atoms with E-state index in [1.54, 1.807) is 0 Å². The zero-order valence-corrected chi connectivity index (χ0v) is 14.2. The Morgan fingerprint density at radius 1 is 0.962 bits per heavy atom. The molecule has 0 saturated carbocycles. The zero-order valence-electron chi connectivity index (χ0n) is 13.4. The summed E-state index contributed by atoms with van der Waals surface area (Å²) < 4.78 is 66.3. The smallest absolute Gasteiger partial charge is 0.255 e. The number of carbonyl (C=O) groups excluding carboxylic acids is 1. The van der Waals surface area contributed by atoms with Crippen LogP contribution in [0.25, 0.3) is 0 Å². The van der Waals surface area contributed by atoms with Gasteiger partial charge in [-0.25, -0.2) is 21.6 Å². The molecule has 1 aromatic carbocycles. The van der Waals surface area contributed by atoms with Crippen molar-refractivity contribution in [3.05, 3.63) is 59.7 Å². The molecule has 1 aliphatic heterocycles. The topological polar surface area (TPSA) is 70.6 Å². The molecule has 0 aliphatic carbocycles. The molecule has 1 fully saturated rings. The summed E-state index contributed by atoms with van der Waals surface area (Å²) in [4.78, 5) is 16.5. The SMILES string of the molecule is O=C(c1cncc(F)c1)N1CCN(S(=O)(=O)c2cc(F)ccc2F)CC1. The quantitative estimate of drug-likeness (QED) is 0.806. The Hall–Kier alpha value is -2.46. The van der Waals surface area contributed by atoms with Crippen LogP contribution < -0.4 is 0 Å². The summed E-state index contributed by atoms with van der Waals surface area (Å²) in [7, 11) is -4.23. The van der Waals surface area contributed by atoms with Gasteiger partial charge in [0.15, 0.2) is 0 Å². The fourth-order valence-corrected chi connectivity index (χ4v) is 4.16. The number of hydrogen-bond donors (Lipinski definition) is 0. The largest absolute Gasteiger partial charge is 0.336 e. The number of hydrogen-bond acceptors (Lipinski definition) is 4. The first-order valence-corrected chi connectivity index (χ1v) is 9.08. The summed E-state index contributed by atoms with van der Waals surface area (Å²) in [5.74, 6) is -3.04. The van der Waals surface area contributed by atoms with E-state index in [0.717, 1.165) is 28.7 Å². The first-order chi connectivity index (χ1) is 12.3. The second-order valence-electron chi connectivity index (χ2n) is 5.66. The number of aromatic nitrogens is 1. The van der Waals surface area contributed by atoms with E-state index < -0.39 is 38.3 Å². The van der Waals surface area contributed by atoms with Crippen molar-refractivity contribution in [2.75, 3.05) is 26.2 Å². The highest BCUT2D eigenvalue weighted by Gasteiger charge is 2.32. The van der Waals surface area contributed by atoms with E-state index in [4.69, 9.17) is 0 Å². The van der Waals surface area contributed by atoms with E-state index in [-0.39, 0.29) is 31.7 Å². The second-order valence-corrected chi connectivity index (χ2v) is 7.57. The van der Waals surface area contributed by atoms with Crippen molar-refractivity contribution in [1.29, 1.82) is 0 Å². The van der Waals surface area contributed by atoms with Gasteiger partial charge in [0.1, 0.15) is 22.3 Å². The number of amides is 1. The highest BCUT2D eigenvalue weighted by atomic mass is 32.2. The van der Waals surface area contributed by atoms with E-state index in [0.29, 0.717) is 6.07 Å². The molecule has 0 atom stereocenters. The van der Waals surface area contributed by atoms with E-state index in [1.807, 2.05) is 0 Å². The minimum Gasteiger partial charge on any atom is -0.336 e. The van der Waals surface area contributed by atoms with Crippen LogP contribution in [0, 0.1) is 17.5 Å². The van der Waals surface area contributed by atoms with Crippen LogP contribution in [0.1, 0.15) is 10.4 Å². The van der Waals surface area contributed by atoms with Crippen molar-refractivity contribution in [3.63, 3.8) is 0 Å². The van der Waals surface area contributed by atoms with Crippen LogP contribution in [0.4, 0.5) is 13.2 Å². The summed E-state index contributed by atoms with van der Waals surface area (Å²) in [6.07, 6.45) is 2.19. The number of sulfonamides is 1. The maximum atomic E-state index is 13.8. The molecule has 0 radical (unpaired) electrons. The number of carbonyl (C=O) groups is 1. The average molecular weight is 385 g/mol. The molecule has 1 amide bonds. The molecule has 2 aromatic rings. The molecule has 10 heteroatoms. The van der Waals surface area contributed by atoms with Gasteiger partial charge in [0.2, 0.25) is 10.0 Å². The van der Waals surface area contributed by atoms with Gasteiger partial charge >= 0.3 is 0 Å². The lowest BCUT2D eigenvalue weighted by molar-refractivity contribution is 0.0696. The maximum absolute atomic E-state index is 13.8. The van der Waals surface area contributed by atoms with Gasteiger partial charge in [0, 0.05) is 32.4 Å². The fraction of sp³-hybridized carbons (Fsp3) is 0.250.